The Morgan fingerprint density at radius 1 is 0.406 bits per heavy atom. The molecule has 0 aliphatic carbocycles. The molecular weight excluding hydrogens is 851 g/mol. The number of ether oxygens (including phenoxy) is 1. The summed E-state index contributed by atoms with van der Waals surface area (Å²) in [5, 5.41) is 23.1. The molecular formula is C63H115NO5. The van der Waals surface area contributed by atoms with Crippen LogP contribution in [0.1, 0.15) is 303 Å². The Bertz CT molecular complexity index is 1210. The molecule has 0 fully saturated rings. The van der Waals surface area contributed by atoms with Gasteiger partial charge in [-0.3, -0.25) is 9.59 Å². The van der Waals surface area contributed by atoms with Crippen molar-refractivity contribution >= 4 is 11.9 Å². The van der Waals surface area contributed by atoms with Crippen molar-refractivity contribution in [2.45, 2.75) is 315 Å². The Kier molecular flexibility index (Phi) is 56.1. The number of hydrogen-bond acceptors (Lipinski definition) is 5. The molecule has 6 nitrogen and oxygen atoms in total. The predicted molar refractivity (Wildman–Crippen MR) is 301 cm³/mol. The zero-order chi connectivity index (χ0) is 50.0. The molecule has 0 aromatic carbocycles. The number of carbonyl (C=O) groups excluding carboxylic acids is 2. The van der Waals surface area contributed by atoms with Crippen LogP contribution < -0.4 is 5.32 Å². The quantitative estimate of drug-likeness (QED) is 0.0321. The number of esters is 1. The Labute approximate surface area is 428 Å². The molecule has 0 aliphatic rings. The molecule has 6 heteroatoms. The van der Waals surface area contributed by atoms with E-state index in [1.54, 1.807) is 6.08 Å². The minimum atomic E-state index is -0.882. The van der Waals surface area contributed by atoms with Crippen LogP contribution in [0.3, 0.4) is 0 Å². The van der Waals surface area contributed by atoms with Gasteiger partial charge in [-0.25, -0.2) is 0 Å². The second kappa shape index (κ2) is 58.1. The van der Waals surface area contributed by atoms with E-state index in [0.717, 1.165) is 57.8 Å². The fourth-order valence-corrected chi connectivity index (χ4v) is 8.89. The van der Waals surface area contributed by atoms with Crippen LogP contribution in [-0.2, 0) is 14.3 Å². The van der Waals surface area contributed by atoms with E-state index in [1.807, 2.05) is 12.2 Å². The van der Waals surface area contributed by atoms with E-state index in [0.29, 0.717) is 25.9 Å². The number of allylic oxidation sites excluding steroid dienone is 9. The van der Waals surface area contributed by atoms with Crippen molar-refractivity contribution in [3.05, 3.63) is 60.8 Å². The van der Waals surface area contributed by atoms with Gasteiger partial charge in [0.25, 0.3) is 0 Å². The minimum Gasteiger partial charge on any atom is -0.466 e. The monoisotopic (exact) mass is 966 g/mol. The molecule has 69 heavy (non-hydrogen) atoms. The Balaban J connectivity index is 3.57. The molecule has 0 bridgehead atoms. The van der Waals surface area contributed by atoms with Gasteiger partial charge in [0.05, 0.1) is 25.4 Å². The number of amides is 1. The van der Waals surface area contributed by atoms with Gasteiger partial charge in [0.15, 0.2) is 0 Å². The van der Waals surface area contributed by atoms with Gasteiger partial charge < -0.3 is 20.3 Å². The summed E-state index contributed by atoms with van der Waals surface area (Å²) < 4.78 is 5.47. The lowest BCUT2D eigenvalue weighted by Gasteiger charge is -2.19. The number of nitrogens with one attached hydrogen (secondary N) is 1. The SMILES string of the molecule is CCCCCC/C=C\C/C=C\CCCCCCCCCC(=O)OCCCCCCCC/C=C\C/C=C\CCC(=O)NC(CO)C(O)/C=C/CCCCCCCCCCCCCCCCCCCCC. The highest BCUT2D eigenvalue weighted by Crippen LogP contribution is 2.16. The molecule has 2 unspecified atom stereocenters. The minimum absolute atomic E-state index is 0.0261. The lowest BCUT2D eigenvalue weighted by molar-refractivity contribution is -0.143. The first-order chi connectivity index (χ1) is 34.0. The van der Waals surface area contributed by atoms with Crippen LogP contribution in [0.2, 0.25) is 0 Å². The maximum atomic E-state index is 12.4. The number of hydrogen-bond donors (Lipinski definition) is 3. The average Bonchev–Trinajstić information content (AvgIpc) is 3.35. The summed E-state index contributed by atoms with van der Waals surface area (Å²) in [6, 6.07) is -0.675. The summed E-state index contributed by atoms with van der Waals surface area (Å²) in [6.07, 6.45) is 75.4. The van der Waals surface area contributed by atoms with Crippen LogP contribution in [0.15, 0.2) is 60.8 Å². The maximum absolute atomic E-state index is 12.4. The molecule has 1 amide bonds. The third-order valence-electron chi connectivity index (χ3n) is 13.5. The van der Waals surface area contributed by atoms with E-state index in [9.17, 15) is 19.8 Å². The van der Waals surface area contributed by atoms with Crippen molar-refractivity contribution in [1.29, 1.82) is 0 Å². The second-order valence-electron chi connectivity index (χ2n) is 20.3. The van der Waals surface area contributed by atoms with E-state index >= 15 is 0 Å². The topological polar surface area (TPSA) is 95.9 Å². The highest BCUT2D eigenvalue weighted by atomic mass is 16.5. The molecule has 0 heterocycles. The number of carbonyl (C=O) groups is 2. The zero-order valence-electron chi connectivity index (χ0n) is 45.8. The van der Waals surface area contributed by atoms with Crippen molar-refractivity contribution in [1.82, 2.24) is 5.32 Å². The summed E-state index contributed by atoms with van der Waals surface area (Å²) >= 11 is 0. The molecule has 2 atom stereocenters. The summed E-state index contributed by atoms with van der Waals surface area (Å²) in [5.41, 5.74) is 0. The van der Waals surface area contributed by atoms with Gasteiger partial charge in [-0.15, -0.1) is 0 Å². The van der Waals surface area contributed by atoms with Gasteiger partial charge in [-0.2, -0.15) is 0 Å². The van der Waals surface area contributed by atoms with E-state index < -0.39 is 12.1 Å². The lowest BCUT2D eigenvalue weighted by Crippen LogP contribution is -2.45. The van der Waals surface area contributed by atoms with Crippen LogP contribution in [0.25, 0.3) is 0 Å². The number of rotatable bonds is 55. The van der Waals surface area contributed by atoms with Crippen LogP contribution in [0.4, 0.5) is 0 Å². The first-order valence-electron chi connectivity index (χ1n) is 30.1. The normalized spacial score (nSPS) is 13.0. The number of unbranched alkanes of at least 4 members (excludes halogenated alkanes) is 36. The Morgan fingerprint density at radius 3 is 1.14 bits per heavy atom. The fourth-order valence-electron chi connectivity index (χ4n) is 8.89. The predicted octanol–water partition coefficient (Wildman–Crippen LogP) is 18.7. The zero-order valence-corrected chi connectivity index (χ0v) is 45.8. The van der Waals surface area contributed by atoms with Gasteiger partial charge in [0.1, 0.15) is 0 Å². The number of aliphatic hydroxyl groups is 2. The highest BCUT2D eigenvalue weighted by molar-refractivity contribution is 5.76. The summed E-state index contributed by atoms with van der Waals surface area (Å²) in [5.74, 6) is -0.174. The van der Waals surface area contributed by atoms with Crippen molar-refractivity contribution in [3.8, 4) is 0 Å². The largest absolute Gasteiger partial charge is 0.466 e. The van der Waals surface area contributed by atoms with Gasteiger partial charge in [-0.1, -0.05) is 267 Å². The Hall–Kier alpha value is -2.44. The molecule has 402 valence electrons. The van der Waals surface area contributed by atoms with Crippen molar-refractivity contribution in [3.63, 3.8) is 0 Å². The van der Waals surface area contributed by atoms with E-state index in [-0.39, 0.29) is 18.5 Å². The van der Waals surface area contributed by atoms with Crippen LogP contribution >= 0.6 is 0 Å². The van der Waals surface area contributed by atoms with Crippen molar-refractivity contribution in [2.24, 2.45) is 0 Å². The van der Waals surface area contributed by atoms with E-state index in [4.69, 9.17) is 4.74 Å². The molecule has 0 rings (SSSR count). The van der Waals surface area contributed by atoms with Gasteiger partial charge in [0.2, 0.25) is 5.91 Å². The molecule has 0 saturated carbocycles. The Morgan fingerprint density at radius 2 is 0.739 bits per heavy atom. The molecule has 0 aromatic heterocycles. The second-order valence-corrected chi connectivity index (χ2v) is 20.3. The van der Waals surface area contributed by atoms with Gasteiger partial charge >= 0.3 is 5.97 Å². The molecule has 0 radical (unpaired) electrons. The van der Waals surface area contributed by atoms with Crippen LogP contribution in [0.5, 0.6) is 0 Å². The molecule has 0 aliphatic heterocycles. The maximum Gasteiger partial charge on any atom is 0.305 e. The highest BCUT2D eigenvalue weighted by Gasteiger charge is 2.17. The standard InChI is InChI=1S/C63H115NO5/c1-3-5-7-9-11-13-15-17-19-21-23-24-25-26-28-31-35-39-43-47-51-55-61(66)60(59-65)64-62(67)56-52-48-44-40-36-32-30-34-38-42-46-50-54-58-69-63(68)57-53-49-45-41-37-33-29-27-22-20-18-16-14-12-10-8-6-4-2/h14,16,20,22,32,36,44,48,51,55,60-61,65-66H,3-13,15,17-19,21,23-31,33-35,37-43,45-47,49-50,52-54,56-59H2,1-2H3,(H,64,67)/b16-14-,22-20-,36-32-,48-44-,55-51+. The first-order valence-corrected chi connectivity index (χ1v) is 30.1. The third kappa shape index (κ3) is 54.7. The van der Waals surface area contributed by atoms with Crippen molar-refractivity contribution in [2.75, 3.05) is 13.2 Å². The van der Waals surface area contributed by atoms with E-state index in [2.05, 4.69) is 61.7 Å². The van der Waals surface area contributed by atoms with Crippen molar-refractivity contribution < 1.29 is 24.5 Å². The molecule has 3 N–H and O–H groups in total. The van der Waals surface area contributed by atoms with Gasteiger partial charge in [-0.05, 0) is 83.5 Å². The summed E-state index contributed by atoms with van der Waals surface area (Å²) in [6.45, 7) is 4.83. The smallest absolute Gasteiger partial charge is 0.305 e. The third-order valence-corrected chi connectivity index (χ3v) is 13.5. The molecule has 0 saturated heterocycles. The van der Waals surface area contributed by atoms with Crippen LogP contribution in [0, 0.1) is 0 Å². The summed E-state index contributed by atoms with van der Waals surface area (Å²) in [4.78, 5) is 24.5. The van der Waals surface area contributed by atoms with E-state index in [1.165, 1.54) is 212 Å². The average molecular weight is 967 g/mol. The lowest BCUT2D eigenvalue weighted by atomic mass is 10.0. The molecule has 0 aromatic rings. The first kappa shape index (κ1) is 66.6. The summed E-state index contributed by atoms with van der Waals surface area (Å²) in [7, 11) is 0. The van der Waals surface area contributed by atoms with Gasteiger partial charge in [0, 0.05) is 12.8 Å². The number of aliphatic hydroxyl groups excluding tert-OH is 2. The fraction of sp³-hybridized carbons (Fsp3) is 0.810. The molecule has 0 spiro atoms. The van der Waals surface area contributed by atoms with Crippen LogP contribution in [-0.4, -0.2) is 47.4 Å².